The first-order chi connectivity index (χ1) is 8.20. The third kappa shape index (κ3) is 3.99. The highest BCUT2D eigenvalue weighted by molar-refractivity contribution is 7.99. The molecule has 0 fully saturated rings. The molecule has 0 aliphatic heterocycles. The van der Waals surface area contributed by atoms with Crippen molar-refractivity contribution in [2.24, 2.45) is 0 Å². The molecule has 0 bridgehead atoms. The standard InChI is InChI=1S/C12H17N3OS/c1-9-10(2)14-15-12(11(9)8-13)17-7-5-4-6-16-3/h4-7H2,1-3H3. The minimum atomic E-state index is 0.661. The molecule has 1 aromatic heterocycles. The Labute approximate surface area is 106 Å². The Kier molecular flexibility index (Phi) is 5.95. The SMILES string of the molecule is COCCCCSc1nnc(C)c(C)c1C#N. The highest BCUT2D eigenvalue weighted by Crippen LogP contribution is 2.23. The summed E-state index contributed by atoms with van der Waals surface area (Å²) < 4.78 is 4.98. The van der Waals surface area contributed by atoms with Crippen molar-refractivity contribution < 1.29 is 4.74 Å². The van der Waals surface area contributed by atoms with Crippen LogP contribution in [0, 0.1) is 25.2 Å². The highest BCUT2D eigenvalue weighted by atomic mass is 32.2. The molecule has 0 aromatic carbocycles. The van der Waals surface area contributed by atoms with Gasteiger partial charge in [0.15, 0.2) is 0 Å². The zero-order valence-corrected chi connectivity index (χ0v) is 11.3. The lowest BCUT2D eigenvalue weighted by Gasteiger charge is -2.06. The van der Waals surface area contributed by atoms with E-state index >= 15 is 0 Å². The van der Waals surface area contributed by atoms with Crippen LogP contribution in [0.5, 0.6) is 0 Å². The van der Waals surface area contributed by atoms with Crippen molar-refractivity contribution in [3.05, 3.63) is 16.8 Å². The van der Waals surface area contributed by atoms with Gasteiger partial charge in [-0.05, 0) is 38.0 Å². The molecular weight excluding hydrogens is 234 g/mol. The third-order valence-electron chi connectivity index (χ3n) is 2.52. The van der Waals surface area contributed by atoms with E-state index in [4.69, 9.17) is 10.00 Å². The Morgan fingerprint density at radius 3 is 2.71 bits per heavy atom. The van der Waals surface area contributed by atoms with Crippen LogP contribution in [-0.4, -0.2) is 29.7 Å². The Balaban J connectivity index is 2.60. The molecule has 1 rings (SSSR count). The number of unbranched alkanes of at least 4 members (excludes halogenated alkanes) is 1. The Bertz CT molecular complexity index is 415. The summed E-state index contributed by atoms with van der Waals surface area (Å²) in [4.78, 5) is 0. The summed E-state index contributed by atoms with van der Waals surface area (Å²) >= 11 is 1.59. The first-order valence-corrected chi connectivity index (χ1v) is 6.55. The van der Waals surface area contributed by atoms with E-state index < -0.39 is 0 Å². The molecule has 0 N–H and O–H groups in total. The van der Waals surface area contributed by atoms with Gasteiger partial charge in [-0.15, -0.1) is 16.9 Å². The molecule has 0 saturated carbocycles. The summed E-state index contributed by atoms with van der Waals surface area (Å²) in [6.07, 6.45) is 2.08. The second-order valence-electron chi connectivity index (χ2n) is 3.75. The van der Waals surface area contributed by atoms with E-state index in [1.807, 2.05) is 13.8 Å². The molecule has 1 aromatic rings. The number of thioether (sulfide) groups is 1. The predicted octanol–water partition coefficient (Wildman–Crippen LogP) is 2.48. The first kappa shape index (κ1) is 13.9. The normalized spacial score (nSPS) is 10.2. The molecule has 92 valence electrons. The van der Waals surface area contributed by atoms with E-state index in [9.17, 15) is 0 Å². The number of nitrogens with zero attached hydrogens (tertiary/aromatic N) is 3. The molecule has 17 heavy (non-hydrogen) atoms. The molecular formula is C12H17N3OS. The largest absolute Gasteiger partial charge is 0.385 e. The van der Waals surface area contributed by atoms with Crippen LogP contribution in [0.4, 0.5) is 0 Å². The van der Waals surface area contributed by atoms with Crippen molar-refractivity contribution in [3.63, 3.8) is 0 Å². The first-order valence-electron chi connectivity index (χ1n) is 5.56. The molecule has 0 aliphatic carbocycles. The van der Waals surface area contributed by atoms with E-state index in [1.165, 1.54) is 0 Å². The third-order valence-corrected chi connectivity index (χ3v) is 3.57. The minimum Gasteiger partial charge on any atom is -0.385 e. The Morgan fingerprint density at radius 2 is 2.06 bits per heavy atom. The zero-order valence-electron chi connectivity index (χ0n) is 10.5. The van der Waals surface area contributed by atoms with Crippen molar-refractivity contribution in [3.8, 4) is 6.07 Å². The molecule has 1 heterocycles. The maximum Gasteiger partial charge on any atom is 0.137 e. The number of ether oxygens (including phenoxy) is 1. The summed E-state index contributed by atoms with van der Waals surface area (Å²) in [7, 11) is 1.70. The minimum absolute atomic E-state index is 0.661. The lowest BCUT2D eigenvalue weighted by molar-refractivity contribution is 0.194. The quantitative estimate of drug-likeness (QED) is 0.574. The summed E-state index contributed by atoms with van der Waals surface area (Å²) in [6, 6.07) is 2.21. The van der Waals surface area contributed by atoms with Gasteiger partial charge < -0.3 is 4.74 Å². The number of aromatic nitrogens is 2. The van der Waals surface area contributed by atoms with Gasteiger partial charge in [0.2, 0.25) is 0 Å². The maximum absolute atomic E-state index is 9.11. The van der Waals surface area contributed by atoms with Gasteiger partial charge in [0, 0.05) is 13.7 Å². The molecule has 0 atom stereocenters. The van der Waals surface area contributed by atoms with Crippen LogP contribution >= 0.6 is 11.8 Å². The maximum atomic E-state index is 9.11. The van der Waals surface area contributed by atoms with Gasteiger partial charge in [-0.25, -0.2) is 0 Å². The second-order valence-corrected chi connectivity index (χ2v) is 4.83. The van der Waals surface area contributed by atoms with Gasteiger partial charge in [-0.1, -0.05) is 0 Å². The van der Waals surface area contributed by atoms with E-state index in [-0.39, 0.29) is 0 Å². The van der Waals surface area contributed by atoms with E-state index in [0.29, 0.717) is 5.56 Å². The molecule has 0 aliphatic rings. The fourth-order valence-corrected chi connectivity index (χ4v) is 2.32. The molecule has 0 radical (unpaired) electrons. The average molecular weight is 251 g/mol. The molecule has 4 nitrogen and oxygen atoms in total. The van der Waals surface area contributed by atoms with Crippen molar-refractivity contribution in [1.82, 2.24) is 10.2 Å². The van der Waals surface area contributed by atoms with Gasteiger partial charge in [0.05, 0.1) is 11.3 Å². The number of nitriles is 1. The summed E-state index contributed by atoms with van der Waals surface area (Å²) in [5, 5.41) is 18.0. The van der Waals surface area contributed by atoms with Gasteiger partial charge in [-0.2, -0.15) is 10.4 Å². The van der Waals surface area contributed by atoms with Crippen LogP contribution in [0.3, 0.4) is 0 Å². The topological polar surface area (TPSA) is 58.8 Å². The van der Waals surface area contributed by atoms with Crippen LogP contribution in [-0.2, 0) is 4.74 Å². The molecule has 0 unspecified atom stereocenters. The fraction of sp³-hybridized carbons (Fsp3) is 0.583. The van der Waals surface area contributed by atoms with Gasteiger partial charge in [-0.3, -0.25) is 0 Å². The lowest BCUT2D eigenvalue weighted by atomic mass is 10.1. The zero-order chi connectivity index (χ0) is 12.7. The lowest BCUT2D eigenvalue weighted by Crippen LogP contribution is -1.99. The number of aryl methyl sites for hydroxylation is 1. The predicted molar refractivity (Wildman–Crippen MR) is 68.1 cm³/mol. The van der Waals surface area contributed by atoms with Gasteiger partial charge in [0.25, 0.3) is 0 Å². The Morgan fingerprint density at radius 1 is 1.29 bits per heavy atom. The monoisotopic (exact) mass is 251 g/mol. The smallest absolute Gasteiger partial charge is 0.137 e. The van der Waals surface area contributed by atoms with E-state index in [1.54, 1.807) is 18.9 Å². The van der Waals surface area contributed by atoms with E-state index in [0.717, 1.165) is 41.5 Å². The van der Waals surface area contributed by atoms with Crippen LogP contribution < -0.4 is 0 Å². The molecule has 5 heteroatoms. The summed E-state index contributed by atoms with van der Waals surface area (Å²) in [5.41, 5.74) is 2.42. The average Bonchev–Trinajstić information content (AvgIpc) is 2.33. The molecule has 0 spiro atoms. The number of hydrogen-bond donors (Lipinski definition) is 0. The summed E-state index contributed by atoms with van der Waals surface area (Å²) in [6.45, 7) is 4.57. The molecule has 0 saturated heterocycles. The van der Waals surface area contributed by atoms with Gasteiger partial charge in [0.1, 0.15) is 11.1 Å². The number of hydrogen-bond acceptors (Lipinski definition) is 5. The highest BCUT2D eigenvalue weighted by Gasteiger charge is 2.10. The van der Waals surface area contributed by atoms with Crippen LogP contribution in [0.2, 0.25) is 0 Å². The van der Waals surface area contributed by atoms with Crippen LogP contribution in [0.15, 0.2) is 5.03 Å². The van der Waals surface area contributed by atoms with Crippen molar-refractivity contribution in [2.75, 3.05) is 19.5 Å². The summed E-state index contributed by atoms with van der Waals surface area (Å²) in [5.74, 6) is 0.940. The van der Waals surface area contributed by atoms with E-state index in [2.05, 4.69) is 16.3 Å². The fourth-order valence-electron chi connectivity index (χ4n) is 1.34. The molecule has 0 amide bonds. The number of methoxy groups -OCH3 is 1. The van der Waals surface area contributed by atoms with Crippen LogP contribution in [0.1, 0.15) is 29.7 Å². The van der Waals surface area contributed by atoms with Gasteiger partial charge >= 0.3 is 0 Å². The van der Waals surface area contributed by atoms with Crippen molar-refractivity contribution in [1.29, 1.82) is 5.26 Å². The number of rotatable bonds is 6. The van der Waals surface area contributed by atoms with Crippen molar-refractivity contribution >= 4 is 11.8 Å². The van der Waals surface area contributed by atoms with Crippen molar-refractivity contribution in [2.45, 2.75) is 31.7 Å². The Hall–Kier alpha value is -1.12. The second kappa shape index (κ2) is 7.25. The van der Waals surface area contributed by atoms with Crippen LogP contribution in [0.25, 0.3) is 0 Å².